The van der Waals surface area contributed by atoms with Gasteiger partial charge >= 0.3 is 0 Å². The Morgan fingerprint density at radius 1 is 1.08 bits per heavy atom. The molecule has 0 aromatic carbocycles. The van der Waals surface area contributed by atoms with E-state index < -0.39 is 0 Å². The minimum Gasteiger partial charge on any atom is -0.0772 e. The van der Waals surface area contributed by atoms with Gasteiger partial charge in [0.1, 0.15) is 0 Å². The lowest BCUT2D eigenvalue weighted by Gasteiger charge is -2.02. The molecule has 2 rings (SSSR count). The van der Waals surface area contributed by atoms with Gasteiger partial charge in [-0.3, -0.25) is 0 Å². The van der Waals surface area contributed by atoms with Crippen molar-refractivity contribution in [3.8, 4) is 0 Å². The van der Waals surface area contributed by atoms with Crippen molar-refractivity contribution in [3.63, 3.8) is 0 Å². The van der Waals surface area contributed by atoms with E-state index in [4.69, 9.17) is 0 Å². The Labute approximate surface area is 74.0 Å². The average Bonchev–Trinajstić information content (AvgIpc) is 2.58. The quantitative estimate of drug-likeness (QED) is 0.547. The SMILES string of the molecule is CC1=CCC(C2=CC=C(C)C2)=C1. The first-order valence-electron chi connectivity index (χ1n) is 4.50. The lowest BCUT2D eigenvalue weighted by Crippen LogP contribution is -1.83. The minimum absolute atomic E-state index is 1.14. The topological polar surface area (TPSA) is 0 Å². The highest BCUT2D eigenvalue weighted by Gasteiger charge is 2.11. The van der Waals surface area contributed by atoms with E-state index in [0.29, 0.717) is 0 Å². The second kappa shape index (κ2) is 2.78. The van der Waals surface area contributed by atoms with Gasteiger partial charge in [-0.05, 0) is 37.8 Å². The lowest BCUT2D eigenvalue weighted by molar-refractivity contribution is 1.12. The van der Waals surface area contributed by atoms with Crippen molar-refractivity contribution in [2.24, 2.45) is 0 Å². The van der Waals surface area contributed by atoms with Gasteiger partial charge < -0.3 is 0 Å². The molecule has 0 aromatic rings. The summed E-state index contributed by atoms with van der Waals surface area (Å²) in [4.78, 5) is 0. The summed E-state index contributed by atoms with van der Waals surface area (Å²) >= 11 is 0. The molecule has 0 aliphatic heterocycles. The fourth-order valence-corrected chi connectivity index (χ4v) is 1.77. The molecule has 0 radical (unpaired) electrons. The molecule has 0 amide bonds. The first-order chi connectivity index (χ1) is 5.75. The Morgan fingerprint density at radius 2 is 1.92 bits per heavy atom. The van der Waals surface area contributed by atoms with Gasteiger partial charge in [-0.25, -0.2) is 0 Å². The Kier molecular flexibility index (Phi) is 1.76. The average molecular weight is 158 g/mol. The van der Waals surface area contributed by atoms with E-state index in [9.17, 15) is 0 Å². The fourth-order valence-electron chi connectivity index (χ4n) is 1.77. The molecule has 0 nitrogen and oxygen atoms in total. The highest BCUT2D eigenvalue weighted by atomic mass is 14.2. The summed E-state index contributed by atoms with van der Waals surface area (Å²) in [6.07, 6.45) is 11.4. The molecular formula is C12H14. The van der Waals surface area contributed by atoms with Crippen LogP contribution < -0.4 is 0 Å². The number of hydrogen-bond donors (Lipinski definition) is 0. The monoisotopic (exact) mass is 158 g/mol. The zero-order valence-corrected chi connectivity index (χ0v) is 7.72. The summed E-state index contributed by atoms with van der Waals surface area (Å²) < 4.78 is 0. The molecular weight excluding hydrogens is 144 g/mol. The summed E-state index contributed by atoms with van der Waals surface area (Å²) in [5.41, 5.74) is 5.92. The first kappa shape index (κ1) is 7.60. The molecule has 12 heavy (non-hydrogen) atoms. The third-order valence-corrected chi connectivity index (χ3v) is 2.50. The van der Waals surface area contributed by atoms with Gasteiger partial charge in [0.25, 0.3) is 0 Å². The van der Waals surface area contributed by atoms with Gasteiger partial charge in [0.05, 0.1) is 0 Å². The Balaban J connectivity index is 2.11. The molecule has 2 aliphatic carbocycles. The van der Waals surface area contributed by atoms with E-state index in [-0.39, 0.29) is 0 Å². The van der Waals surface area contributed by atoms with Crippen LogP contribution in [0.1, 0.15) is 26.7 Å². The van der Waals surface area contributed by atoms with Gasteiger partial charge in [-0.2, -0.15) is 0 Å². The zero-order valence-electron chi connectivity index (χ0n) is 7.72. The van der Waals surface area contributed by atoms with Crippen LogP contribution in [0.4, 0.5) is 0 Å². The third kappa shape index (κ3) is 1.29. The van der Waals surface area contributed by atoms with Crippen LogP contribution in [-0.2, 0) is 0 Å². The number of rotatable bonds is 1. The van der Waals surface area contributed by atoms with Crippen molar-refractivity contribution in [3.05, 3.63) is 46.6 Å². The van der Waals surface area contributed by atoms with Crippen LogP contribution in [-0.4, -0.2) is 0 Å². The summed E-state index contributed by atoms with van der Waals surface area (Å²) in [5, 5.41) is 0. The summed E-state index contributed by atoms with van der Waals surface area (Å²) in [7, 11) is 0. The summed E-state index contributed by atoms with van der Waals surface area (Å²) in [5.74, 6) is 0. The second-order valence-electron chi connectivity index (χ2n) is 3.70. The molecule has 62 valence electrons. The predicted molar refractivity (Wildman–Crippen MR) is 52.9 cm³/mol. The molecule has 0 spiro atoms. The molecule has 0 saturated heterocycles. The molecule has 0 N–H and O–H groups in total. The van der Waals surface area contributed by atoms with Crippen LogP contribution in [0, 0.1) is 0 Å². The molecule has 2 aliphatic rings. The number of hydrogen-bond acceptors (Lipinski definition) is 0. The Hall–Kier alpha value is -1.04. The van der Waals surface area contributed by atoms with Gasteiger partial charge in [0.2, 0.25) is 0 Å². The van der Waals surface area contributed by atoms with E-state index in [1.807, 2.05) is 0 Å². The van der Waals surface area contributed by atoms with Gasteiger partial charge in [-0.1, -0.05) is 35.5 Å². The summed E-state index contributed by atoms with van der Waals surface area (Å²) in [6, 6.07) is 0. The molecule has 0 fully saturated rings. The lowest BCUT2D eigenvalue weighted by atomic mass is 10.0. The molecule has 0 aromatic heterocycles. The normalized spacial score (nSPS) is 21.8. The largest absolute Gasteiger partial charge is 0.0772 e. The van der Waals surface area contributed by atoms with E-state index in [0.717, 1.165) is 12.8 Å². The van der Waals surface area contributed by atoms with Crippen LogP contribution in [0.5, 0.6) is 0 Å². The molecule has 0 unspecified atom stereocenters. The molecule has 0 atom stereocenters. The van der Waals surface area contributed by atoms with Crippen LogP contribution in [0.25, 0.3) is 0 Å². The van der Waals surface area contributed by atoms with E-state index in [1.165, 1.54) is 22.3 Å². The first-order valence-corrected chi connectivity index (χ1v) is 4.50. The molecule has 0 bridgehead atoms. The van der Waals surface area contributed by atoms with Crippen molar-refractivity contribution >= 4 is 0 Å². The maximum absolute atomic E-state index is 2.30. The van der Waals surface area contributed by atoms with Crippen molar-refractivity contribution in [2.75, 3.05) is 0 Å². The zero-order chi connectivity index (χ0) is 8.55. The van der Waals surface area contributed by atoms with Crippen molar-refractivity contribution in [1.29, 1.82) is 0 Å². The Morgan fingerprint density at radius 3 is 2.42 bits per heavy atom. The molecule has 0 saturated carbocycles. The van der Waals surface area contributed by atoms with E-state index >= 15 is 0 Å². The van der Waals surface area contributed by atoms with Crippen molar-refractivity contribution in [2.45, 2.75) is 26.7 Å². The van der Waals surface area contributed by atoms with E-state index in [1.54, 1.807) is 0 Å². The van der Waals surface area contributed by atoms with Gasteiger partial charge in [-0.15, -0.1) is 0 Å². The fraction of sp³-hybridized carbons (Fsp3) is 0.333. The summed E-state index contributed by atoms with van der Waals surface area (Å²) in [6.45, 7) is 4.36. The van der Waals surface area contributed by atoms with Gasteiger partial charge in [0, 0.05) is 0 Å². The number of allylic oxidation sites excluding steroid dienone is 8. The maximum atomic E-state index is 2.30. The minimum atomic E-state index is 1.14. The van der Waals surface area contributed by atoms with Gasteiger partial charge in [0.15, 0.2) is 0 Å². The van der Waals surface area contributed by atoms with Crippen LogP contribution in [0.3, 0.4) is 0 Å². The van der Waals surface area contributed by atoms with Crippen LogP contribution in [0.15, 0.2) is 46.6 Å². The molecule has 0 heterocycles. The van der Waals surface area contributed by atoms with Crippen LogP contribution in [0.2, 0.25) is 0 Å². The Bertz CT molecular complexity index is 322. The highest BCUT2D eigenvalue weighted by molar-refractivity contribution is 5.48. The third-order valence-electron chi connectivity index (χ3n) is 2.50. The highest BCUT2D eigenvalue weighted by Crippen LogP contribution is 2.31. The second-order valence-corrected chi connectivity index (χ2v) is 3.70. The van der Waals surface area contributed by atoms with Crippen LogP contribution >= 0.6 is 0 Å². The predicted octanol–water partition coefficient (Wildman–Crippen LogP) is 3.54. The smallest absolute Gasteiger partial charge is 0.00639 e. The van der Waals surface area contributed by atoms with Crippen molar-refractivity contribution in [1.82, 2.24) is 0 Å². The maximum Gasteiger partial charge on any atom is -0.00639 e. The standard InChI is InChI=1S/C12H14/c1-9-3-5-11(7-9)12-6-4-10(2)8-12/h3-5,8H,6-7H2,1-2H3. The van der Waals surface area contributed by atoms with E-state index in [2.05, 4.69) is 38.2 Å². The van der Waals surface area contributed by atoms with Crippen molar-refractivity contribution < 1.29 is 0 Å². The molecule has 0 heteroatoms.